The van der Waals surface area contributed by atoms with Crippen molar-refractivity contribution in [1.29, 1.82) is 0 Å². The van der Waals surface area contributed by atoms with Gasteiger partial charge in [0.2, 0.25) is 0 Å². The van der Waals surface area contributed by atoms with Crippen molar-refractivity contribution in [3.05, 3.63) is 12.2 Å². The zero-order valence-electron chi connectivity index (χ0n) is 18.4. The second kappa shape index (κ2) is 10.3. The molecule has 0 fully saturated rings. The van der Waals surface area contributed by atoms with Crippen LogP contribution in [0.15, 0.2) is 12.2 Å². The minimum absolute atomic E-state index is 0.540. The number of rotatable bonds is 12. The van der Waals surface area contributed by atoms with Gasteiger partial charge in [-0.1, -0.05) is 6.58 Å². The number of ether oxygens (including phenoxy) is 1. The summed E-state index contributed by atoms with van der Waals surface area (Å²) in [5, 5.41) is 8.84. The average molecular weight is 626 g/mol. The first-order valence-electron chi connectivity index (χ1n) is 9.32. The van der Waals surface area contributed by atoms with Crippen LogP contribution in [0.25, 0.3) is 0 Å². The predicted octanol–water partition coefficient (Wildman–Crippen LogP) is 6.89. The summed E-state index contributed by atoms with van der Waals surface area (Å²) in [7, 11) is 0. The molecular formula is C17H13F19O3. The first-order valence-corrected chi connectivity index (χ1v) is 9.32. The van der Waals surface area contributed by atoms with Crippen molar-refractivity contribution >= 4 is 5.97 Å². The Bertz CT molecular complexity index is 888. The van der Waals surface area contributed by atoms with Gasteiger partial charge in [-0.3, -0.25) is 0 Å². The lowest BCUT2D eigenvalue weighted by Crippen LogP contribution is -2.77. The van der Waals surface area contributed by atoms with Crippen LogP contribution in [0.4, 0.5) is 83.4 Å². The lowest BCUT2D eigenvalue weighted by Gasteiger charge is -2.45. The fraction of sp³-hybridized carbons (Fsp3) is 0.824. The van der Waals surface area contributed by atoms with Crippen LogP contribution in [0.1, 0.15) is 19.8 Å². The molecular weight excluding hydrogens is 613 g/mol. The first-order chi connectivity index (χ1) is 16.8. The van der Waals surface area contributed by atoms with Gasteiger partial charge in [0.1, 0.15) is 6.10 Å². The molecule has 1 unspecified atom stereocenters. The van der Waals surface area contributed by atoms with E-state index in [2.05, 4.69) is 11.3 Å². The number of hydrogen-bond acceptors (Lipinski definition) is 3. The summed E-state index contributed by atoms with van der Waals surface area (Å²) in [4.78, 5) is 11.2. The zero-order valence-corrected chi connectivity index (χ0v) is 18.4. The number of carbonyl (C=O) groups is 1. The van der Waals surface area contributed by atoms with Gasteiger partial charge in [0.05, 0.1) is 6.61 Å². The summed E-state index contributed by atoms with van der Waals surface area (Å²) in [6.07, 6.45) is -23.8. The maximum atomic E-state index is 13.8. The summed E-state index contributed by atoms with van der Waals surface area (Å²) in [5.74, 6) is -52.1. The SMILES string of the molecule is C=C(C)C(=O)OC(CO)CCC(F)(F)C(F)(F)C(F)(F)C(F)(F)C(F)(F)C(F)(F)C(F)(C(F)(F)F)C(F)(F)F. The molecule has 1 atom stereocenters. The van der Waals surface area contributed by atoms with Gasteiger partial charge in [-0.05, 0) is 13.3 Å². The molecule has 0 aliphatic rings. The van der Waals surface area contributed by atoms with Crippen LogP contribution in [0.3, 0.4) is 0 Å². The molecule has 0 rings (SSSR count). The molecule has 39 heavy (non-hydrogen) atoms. The fourth-order valence-electron chi connectivity index (χ4n) is 2.49. The van der Waals surface area contributed by atoms with Gasteiger partial charge < -0.3 is 9.84 Å². The molecule has 0 aliphatic heterocycles. The molecule has 0 aliphatic carbocycles. The van der Waals surface area contributed by atoms with Crippen LogP contribution < -0.4 is 0 Å². The molecule has 0 saturated carbocycles. The molecule has 0 bridgehead atoms. The third kappa shape index (κ3) is 5.57. The van der Waals surface area contributed by atoms with E-state index in [1.807, 2.05) is 0 Å². The number of aliphatic hydroxyl groups is 1. The Morgan fingerprint density at radius 2 is 1.00 bits per heavy atom. The highest BCUT2D eigenvalue weighted by Crippen LogP contribution is 2.66. The molecule has 1 N–H and O–H groups in total. The Morgan fingerprint density at radius 1 is 0.667 bits per heavy atom. The summed E-state index contributed by atoms with van der Waals surface area (Å²) in [6, 6.07) is 0. The monoisotopic (exact) mass is 626 g/mol. The molecule has 0 radical (unpaired) electrons. The van der Waals surface area contributed by atoms with Crippen molar-refractivity contribution in [3.63, 3.8) is 0 Å². The van der Waals surface area contributed by atoms with E-state index < -0.39 is 90.7 Å². The Hall–Kier alpha value is -2.16. The van der Waals surface area contributed by atoms with Crippen molar-refractivity contribution in [2.75, 3.05) is 6.61 Å². The van der Waals surface area contributed by atoms with Gasteiger partial charge in [0, 0.05) is 12.0 Å². The first kappa shape index (κ1) is 36.8. The predicted molar refractivity (Wildman–Crippen MR) is 86.6 cm³/mol. The number of aliphatic hydroxyl groups excluding tert-OH is 1. The Morgan fingerprint density at radius 3 is 1.31 bits per heavy atom. The van der Waals surface area contributed by atoms with Crippen molar-refractivity contribution in [2.45, 2.75) is 79.4 Å². The van der Waals surface area contributed by atoms with Gasteiger partial charge in [-0.25, -0.2) is 9.18 Å². The quantitative estimate of drug-likeness (QED) is 0.146. The third-order valence-electron chi connectivity index (χ3n) is 4.86. The summed E-state index contributed by atoms with van der Waals surface area (Å²) in [6.45, 7) is 2.26. The van der Waals surface area contributed by atoms with Crippen molar-refractivity contribution in [2.24, 2.45) is 0 Å². The maximum Gasteiger partial charge on any atom is 0.438 e. The maximum absolute atomic E-state index is 13.8. The average Bonchev–Trinajstić information content (AvgIpc) is 2.73. The summed E-state index contributed by atoms with van der Waals surface area (Å²) < 4.78 is 257. The molecule has 0 heterocycles. The van der Waals surface area contributed by atoms with Crippen molar-refractivity contribution in [3.8, 4) is 0 Å². The number of esters is 1. The second-order valence-electron chi connectivity index (χ2n) is 7.76. The van der Waals surface area contributed by atoms with E-state index in [1.54, 1.807) is 0 Å². The molecule has 232 valence electrons. The molecule has 0 aromatic carbocycles. The standard InChI is InChI=1S/C17H13F19O3/c1-6(2)8(38)39-7(5-37)3-4-9(18,19)11(21,22)13(25,26)15(29,30)14(27,28)12(23,24)10(20,16(31,32)33)17(34,35)36/h7,37H,1,3-5H2,2H3. The van der Waals surface area contributed by atoms with Gasteiger partial charge in [-0.2, -0.15) is 79.0 Å². The van der Waals surface area contributed by atoms with Crippen LogP contribution in [-0.4, -0.2) is 77.3 Å². The Balaban J connectivity index is 6.70. The highest BCUT2D eigenvalue weighted by molar-refractivity contribution is 5.87. The zero-order chi connectivity index (χ0) is 32.1. The van der Waals surface area contributed by atoms with Gasteiger partial charge >= 0.3 is 59.5 Å². The van der Waals surface area contributed by atoms with E-state index in [-0.39, 0.29) is 0 Å². The van der Waals surface area contributed by atoms with E-state index in [1.165, 1.54) is 0 Å². The van der Waals surface area contributed by atoms with Crippen LogP contribution in [-0.2, 0) is 9.53 Å². The van der Waals surface area contributed by atoms with Crippen LogP contribution in [0.2, 0.25) is 0 Å². The summed E-state index contributed by atoms with van der Waals surface area (Å²) in [5.41, 5.74) is -9.34. The number of hydrogen-bond donors (Lipinski definition) is 1. The minimum Gasteiger partial charge on any atom is -0.457 e. The highest BCUT2D eigenvalue weighted by Gasteiger charge is 2.98. The molecule has 0 aromatic heterocycles. The second-order valence-corrected chi connectivity index (χ2v) is 7.76. The molecule has 22 heteroatoms. The molecule has 0 amide bonds. The van der Waals surface area contributed by atoms with E-state index >= 15 is 0 Å². The molecule has 0 spiro atoms. The van der Waals surface area contributed by atoms with Crippen molar-refractivity contribution < 1.29 is 98.1 Å². The normalized spacial score (nSPS) is 16.2. The third-order valence-corrected chi connectivity index (χ3v) is 4.86. The van der Waals surface area contributed by atoms with E-state index in [4.69, 9.17) is 5.11 Å². The minimum atomic E-state index is -9.09. The lowest BCUT2D eigenvalue weighted by molar-refractivity contribution is -0.472. The largest absolute Gasteiger partial charge is 0.457 e. The van der Waals surface area contributed by atoms with Gasteiger partial charge in [0.25, 0.3) is 0 Å². The summed E-state index contributed by atoms with van der Waals surface area (Å²) >= 11 is 0. The Labute approximate surface area is 203 Å². The fourth-order valence-corrected chi connectivity index (χ4v) is 2.49. The molecule has 3 nitrogen and oxygen atoms in total. The number of alkyl halides is 19. The van der Waals surface area contributed by atoms with Gasteiger partial charge in [-0.15, -0.1) is 0 Å². The van der Waals surface area contributed by atoms with Crippen LogP contribution in [0.5, 0.6) is 0 Å². The van der Waals surface area contributed by atoms with E-state index in [0.29, 0.717) is 0 Å². The van der Waals surface area contributed by atoms with Crippen molar-refractivity contribution in [1.82, 2.24) is 0 Å². The Kier molecular flexibility index (Phi) is 9.77. The highest BCUT2D eigenvalue weighted by atomic mass is 19.4. The van der Waals surface area contributed by atoms with Crippen LogP contribution in [0, 0.1) is 0 Å². The van der Waals surface area contributed by atoms with Crippen LogP contribution >= 0.6 is 0 Å². The number of halogens is 19. The lowest BCUT2D eigenvalue weighted by atomic mass is 9.83. The van der Waals surface area contributed by atoms with E-state index in [0.717, 1.165) is 6.92 Å². The van der Waals surface area contributed by atoms with E-state index in [9.17, 15) is 88.2 Å². The molecule has 0 saturated heterocycles. The number of carbonyl (C=O) groups excluding carboxylic acids is 1. The smallest absolute Gasteiger partial charge is 0.438 e. The molecule has 0 aromatic rings. The van der Waals surface area contributed by atoms with Gasteiger partial charge in [0.15, 0.2) is 0 Å². The topological polar surface area (TPSA) is 46.5 Å².